The van der Waals surface area contributed by atoms with Crippen LogP contribution in [0.25, 0.3) is 0 Å². The van der Waals surface area contributed by atoms with Gasteiger partial charge < -0.3 is 15.8 Å². The Morgan fingerprint density at radius 2 is 1.85 bits per heavy atom. The Bertz CT molecular complexity index is 728. The SMILES string of the molecule is Cc1ccc(C(N)C(=O)NCc2ccnc(OCC(F)(F)F)c2)cc1.Cl.Cl. The minimum absolute atomic E-state index is 0. The average Bonchev–Trinajstić information content (AvgIpc) is 2.58. The molecule has 10 heteroatoms. The number of aromatic nitrogens is 1. The lowest BCUT2D eigenvalue weighted by atomic mass is 10.1. The van der Waals surface area contributed by atoms with Crippen LogP contribution in [0.3, 0.4) is 0 Å². The molecule has 0 spiro atoms. The van der Waals surface area contributed by atoms with Crippen LogP contribution in [0.4, 0.5) is 13.2 Å². The smallest absolute Gasteiger partial charge is 0.422 e. The first-order chi connectivity index (χ1) is 11.7. The molecule has 150 valence electrons. The van der Waals surface area contributed by atoms with Crippen molar-refractivity contribution in [2.75, 3.05) is 6.61 Å². The normalized spacial score (nSPS) is 11.6. The second-order valence-electron chi connectivity index (χ2n) is 5.51. The molecule has 0 bridgehead atoms. The summed E-state index contributed by atoms with van der Waals surface area (Å²) in [7, 11) is 0. The summed E-state index contributed by atoms with van der Waals surface area (Å²) in [4.78, 5) is 15.8. The van der Waals surface area contributed by atoms with Crippen LogP contribution >= 0.6 is 24.8 Å². The van der Waals surface area contributed by atoms with Crippen LogP contribution in [0, 0.1) is 6.92 Å². The first kappa shape index (κ1) is 25.0. The fraction of sp³-hybridized carbons (Fsp3) is 0.294. The lowest BCUT2D eigenvalue weighted by Gasteiger charge is -2.13. The van der Waals surface area contributed by atoms with E-state index in [2.05, 4.69) is 15.0 Å². The summed E-state index contributed by atoms with van der Waals surface area (Å²) >= 11 is 0. The summed E-state index contributed by atoms with van der Waals surface area (Å²) in [5.41, 5.74) is 8.18. The maximum absolute atomic E-state index is 12.1. The Hall–Kier alpha value is -2.03. The summed E-state index contributed by atoms with van der Waals surface area (Å²) < 4.78 is 41.0. The van der Waals surface area contributed by atoms with E-state index in [1.54, 1.807) is 18.2 Å². The molecule has 0 saturated carbocycles. The van der Waals surface area contributed by atoms with Crippen molar-refractivity contribution in [3.63, 3.8) is 0 Å². The quantitative estimate of drug-likeness (QED) is 0.742. The van der Waals surface area contributed by atoms with Crippen LogP contribution in [0.1, 0.15) is 22.7 Å². The summed E-state index contributed by atoms with van der Waals surface area (Å²) in [5.74, 6) is -0.551. The molecule has 1 aromatic heterocycles. The number of halogens is 5. The highest BCUT2D eigenvalue weighted by Gasteiger charge is 2.28. The highest BCUT2D eigenvalue weighted by atomic mass is 35.5. The number of amides is 1. The zero-order valence-electron chi connectivity index (χ0n) is 14.3. The minimum atomic E-state index is -4.44. The van der Waals surface area contributed by atoms with Gasteiger partial charge in [0.25, 0.3) is 0 Å². The molecule has 0 aliphatic carbocycles. The Balaban J connectivity index is 0.00000338. The minimum Gasteiger partial charge on any atom is -0.468 e. The van der Waals surface area contributed by atoms with Gasteiger partial charge in [0.2, 0.25) is 11.8 Å². The van der Waals surface area contributed by atoms with E-state index in [1.165, 1.54) is 12.3 Å². The zero-order chi connectivity index (χ0) is 18.4. The zero-order valence-corrected chi connectivity index (χ0v) is 16.0. The Morgan fingerprint density at radius 3 is 2.44 bits per heavy atom. The highest BCUT2D eigenvalue weighted by Crippen LogP contribution is 2.18. The van der Waals surface area contributed by atoms with E-state index in [1.807, 2.05) is 19.1 Å². The average molecular weight is 426 g/mol. The standard InChI is InChI=1S/C17H18F3N3O2.2ClH/c1-11-2-4-13(5-3-11)15(21)16(24)23-9-12-6-7-22-14(8-12)25-10-17(18,19)20;;/h2-8,15H,9-10,21H2,1H3,(H,23,24);2*1H. The number of aryl methyl sites for hydroxylation is 1. The van der Waals surface area contributed by atoms with Gasteiger partial charge in [-0.25, -0.2) is 4.98 Å². The molecule has 1 unspecified atom stereocenters. The molecule has 1 atom stereocenters. The molecule has 27 heavy (non-hydrogen) atoms. The van der Waals surface area contributed by atoms with Crippen LogP contribution in [-0.4, -0.2) is 23.7 Å². The molecule has 0 radical (unpaired) electrons. The molecule has 1 heterocycles. The highest BCUT2D eigenvalue weighted by molar-refractivity contribution is 5.85. The molecule has 1 amide bonds. The van der Waals surface area contributed by atoms with Crippen molar-refractivity contribution in [1.29, 1.82) is 0 Å². The van der Waals surface area contributed by atoms with Gasteiger partial charge in [0.05, 0.1) is 0 Å². The molecular weight excluding hydrogens is 406 g/mol. The number of nitrogens with one attached hydrogen (secondary N) is 1. The second kappa shape index (κ2) is 11.0. The fourth-order valence-electron chi connectivity index (χ4n) is 2.02. The molecule has 0 aliphatic rings. The largest absolute Gasteiger partial charge is 0.468 e. The van der Waals surface area contributed by atoms with Gasteiger partial charge >= 0.3 is 6.18 Å². The molecule has 3 N–H and O–H groups in total. The number of carbonyl (C=O) groups is 1. The van der Waals surface area contributed by atoms with Crippen molar-refractivity contribution >= 4 is 30.7 Å². The van der Waals surface area contributed by atoms with Crippen molar-refractivity contribution in [3.8, 4) is 5.88 Å². The summed E-state index contributed by atoms with van der Waals surface area (Å²) in [6.45, 7) is 0.606. The summed E-state index contributed by atoms with van der Waals surface area (Å²) in [6, 6.07) is 9.33. The van der Waals surface area contributed by atoms with E-state index in [9.17, 15) is 18.0 Å². The van der Waals surface area contributed by atoms with E-state index in [0.717, 1.165) is 5.56 Å². The first-order valence-corrected chi connectivity index (χ1v) is 7.49. The van der Waals surface area contributed by atoms with Crippen LogP contribution in [0.2, 0.25) is 0 Å². The van der Waals surface area contributed by atoms with Gasteiger partial charge in [0.1, 0.15) is 6.04 Å². The molecule has 2 aromatic rings. The molecule has 5 nitrogen and oxygen atoms in total. The summed E-state index contributed by atoms with van der Waals surface area (Å²) in [5, 5.41) is 2.64. The molecule has 0 aliphatic heterocycles. The van der Waals surface area contributed by atoms with E-state index >= 15 is 0 Å². The second-order valence-corrected chi connectivity index (χ2v) is 5.51. The van der Waals surface area contributed by atoms with Crippen LogP contribution in [-0.2, 0) is 11.3 Å². The number of hydrogen-bond donors (Lipinski definition) is 2. The molecule has 0 saturated heterocycles. The van der Waals surface area contributed by atoms with Crippen molar-refractivity contribution < 1.29 is 22.7 Å². The van der Waals surface area contributed by atoms with Gasteiger partial charge in [0, 0.05) is 18.8 Å². The predicted molar refractivity (Wildman–Crippen MR) is 100 cm³/mol. The van der Waals surface area contributed by atoms with Crippen molar-refractivity contribution in [1.82, 2.24) is 10.3 Å². The topological polar surface area (TPSA) is 77.2 Å². The monoisotopic (exact) mass is 425 g/mol. The maximum Gasteiger partial charge on any atom is 0.422 e. The number of nitrogens with two attached hydrogens (primary N) is 1. The third-order valence-corrected chi connectivity index (χ3v) is 3.37. The van der Waals surface area contributed by atoms with Gasteiger partial charge in [-0.1, -0.05) is 29.8 Å². The Labute approximate surface area is 167 Å². The van der Waals surface area contributed by atoms with Gasteiger partial charge in [-0.15, -0.1) is 24.8 Å². The molecule has 1 aromatic carbocycles. The lowest BCUT2D eigenvalue weighted by Crippen LogP contribution is -2.33. The first-order valence-electron chi connectivity index (χ1n) is 7.49. The predicted octanol–water partition coefficient (Wildman–Crippen LogP) is 3.49. The van der Waals surface area contributed by atoms with Crippen molar-refractivity contribution in [2.45, 2.75) is 25.7 Å². The van der Waals surface area contributed by atoms with Gasteiger partial charge in [-0.2, -0.15) is 13.2 Å². The number of benzene rings is 1. The Kier molecular flexibility index (Phi) is 10.1. The van der Waals surface area contributed by atoms with E-state index in [-0.39, 0.29) is 37.2 Å². The van der Waals surface area contributed by atoms with Crippen molar-refractivity contribution in [2.24, 2.45) is 5.73 Å². The van der Waals surface area contributed by atoms with Crippen molar-refractivity contribution in [3.05, 3.63) is 59.3 Å². The number of carbonyl (C=O) groups excluding carboxylic acids is 1. The third-order valence-electron chi connectivity index (χ3n) is 3.37. The Morgan fingerprint density at radius 1 is 1.22 bits per heavy atom. The third kappa shape index (κ3) is 8.47. The number of alkyl halides is 3. The number of hydrogen-bond acceptors (Lipinski definition) is 4. The maximum atomic E-state index is 12.1. The number of rotatable bonds is 6. The van der Waals surface area contributed by atoms with E-state index in [0.29, 0.717) is 11.1 Å². The van der Waals surface area contributed by atoms with Crippen LogP contribution in [0.15, 0.2) is 42.6 Å². The van der Waals surface area contributed by atoms with Crippen LogP contribution in [0.5, 0.6) is 5.88 Å². The molecular formula is C17H20Cl2F3N3O2. The lowest BCUT2D eigenvalue weighted by molar-refractivity contribution is -0.154. The van der Waals surface area contributed by atoms with E-state index in [4.69, 9.17) is 5.73 Å². The molecule has 0 fully saturated rings. The summed E-state index contributed by atoms with van der Waals surface area (Å²) in [6.07, 6.45) is -3.13. The number of pyridine rings is 1. The van der Waals surface area contributed by atoms with E-state index < -0.39 is 24.7 Å². The van der Waals surface area contributed by atoms with Gasteiger partial charge in [0.15, 0.2) is 6.61 Å². The van der Waals surface area contributed by atoms with Gasteiger partial charge in [-0.05, 0) is 24.1 Å². The number of nitrogens with zero attached hydrogens (tertiary/aromatic N) is 1. The fourth-order valence-corrected chi connectivity index (χ4v) is 2.02. The van der Waals surface area contributed by atoms with Gasteiger partial charge in [-0.3, -0.25) is 4.79 Å². The molecule has 2 rings (SSSR count). The van der Waals surface area contributed by atoms with Crippen LogP contribution < -0.4 is 15.8 Å². The number of ether oxygens (including phenoxy) is 1.